The fourth-order valence-electron chi connectivity index (χ4n) is 1.49. The Morgan fingerprint density at radius 3 is 2.43 bits per heavy atom. The summed E-state index contributed by atoms with van der Waals surface area (Å²) in [6.07, 6.45) is 1.65. The topological polar surface area (TPSA) is 81.7 Å². The van der Waals surface area contributed by atoms with Crippen molar-refractivity contribution in [3.63, 3.8) is 0 Å². The van der Waals surface area contributed by atoms with Gasteiger partial charge in [0.1, 0.15) is 5.75 Å². The van der Waals surface area contributed by atoms with Gasteiger partial charge in [-0.15, -0.1) is 0 Å². The van der Waals surface area contributed by atoms with E-state index in [9.17, 15) is 14.4 Å². The summed E-state index contributed by atoms with van der Waals surface area (Å²) >= 11 is 0. The zero-order valence-corrected chi connectivity index (χ0v) is 13.0. The van der Waals surface area contributed by atoms with Crippen LogP contribution in [-0.2, 0) is 19.1 Å². The van der Waals surface area contributed by atoms with Gasteiger partial charge < -0.3 is 14.8 Å². The molecule has 0 unspecified atom stereocenters. The van der Waals surface area contributed by atoms with Crippen molar-refractivity contribution in [3.05, 3.63) is 49.1 Å². The molecular formula is C17H19NO5. The summed E-state index contributed by atoms with van der Waals surface area (Å²) in [6, 6.07) is 6.35. The van der Waals surface area contributed by atoms with Gasteiger partial charge in [-0.25, -0.2) is 4.79 Å². The first-order valence-corrected chi connectivity index (χ1v) is 6.99. The van der Waals surface area contributed by atoms with E-state index in [-0.39, 0.29) is 18.9 Å². The summed E-state index contributed by atoms with van der Waals surface area (Å²) in [5.74, 6) is -0.862. The number of rotatable bonds is 8. The minimum absolute atomic E-state index is 0.123. The Labute approximate surface area is 134 Å². The molecule has 0 aliphatic heterocycles. The molecule has 0 fully saturated rings. The van der Waals surface area contributed by atoms with E-state index >= 15 is 0 Å². The Morgan fingerprint density at radius 1 is 1.22 bits per heavy atom. The van der Waals surface area contributed by atoms with Crippen LogP contribution in [-0.4, -0.2) is 24.5 Å². The van der Waals surface area contributed by atoms with E-state index in [0.717, 1.165) is 6.08 Å². The van der Waals surface area contributed by atoms with Crippen molar-refractivity contribution >= 4 is 23.5 Å². The second kappa shape index (κ2) is 9.19. The molecule has 0 bridgehead atoms. The lowest BCUT2D eigenvalue weighted by molar-refractivity contribution is -0.141. The van der Waals surface area contributed by atoms with E-state index < -0.39 is 11.9 Å². The van der Waals surface area contributed by atoms with Crippen molar-refractivity contribution < 1.29 is 23.9 Å². The van der Waals surface area contributed by atoms with Crippen LogP contribution in [0.15, 0.2) is 49.1 Å². The molecule has 0 spiro atoms. The van der Waals surface area contributed by atoms with Crippen LogP contribution >= 0.6 is 0 Å². The van der Waals surface area contributed by atoms with Crippen molar-refractivity contribution in [2.24, 2.45) is 0 Å². The molecule has 1 amide bonds. The summed E-state index contributed by atoms with van der Waals surface area (Å²) in [6.45, 7) is 8.50. The van der Waals surface area contributed by atoms with Crippen LogP contribution in [0.25, 0.3) is 0 Å². The normalized spacial score (nSPS) is 9.61. The molecule has 1 rings (SSSR count). The highest BCUT2D eigenvalue weighted by Crippen LogP contribution is 2.16. The predicted molar refractivity (Wildman–Crippen MR) is 85.9 cm³/mol. The van der Waals surface area contributed by atoms with Gasteiger partial charge in [0, 0.05) is 17.7 Å². The molecule has 0 atom stereocenters. The van der Waals surface area contributed by atoms with E-state index in [0.29, 0.717) is 23.4 Å². The highest BCUT2D eigenvalue weighted by atomic mass is 16.5. The van der Waals surface area contributed by atoms with Crippen molar-refractivity contribution in [2.45, 2.75) is 19.8 Å². The third-order valence-electron chi connectivity index (χ3n) is 2.65. The molecule has 23 heavy (non-hydrogen) atoms. The number of esters is 2. The molecule has 6 nitrogen and oxygen atoms in total. The zero-order chi connectivity index (χ0) is 17.2. The maximum Gasteiger partial charge on any atom is 0.333 e. The molecule has 0 saturated heterocycles. The Balaban J connectivity index is 2.34. The predicted octanol–water partition coefficient (Wildman–Crippen LogP) is 2.62. The Bertz CT molecular complexity index is 604. The van der Waals surface area contributed by atoms with Gasteiger partial charge in [-0.1, -0.05) is 13.2 Å². The molecule has 0 heterocycles. The number of hydrogen-bond donors (Lipinski definition) is 1. The van der Waals surface area contributed by atoms with Crippen molar-refractivity contribution in [2.75, 3.05) is 11.9 Å². The molecule has 0 aromatic heterocycles. The first-order valence-electron chi connectivity index (χ1n) is 6.99. The van der Waals surface area contributed by atoms with Gasteiger partial charge in [-0.2, -0.15) is 0 Å². The van der Waals surface area contributed by atoms with Crippen LogP contribution < -0.4 is 10.1 Å². The number of benzene rings is 1. The van der Waals surface area contributed by atoms with Gasteiger partial charge in [0.25, 0.3) is 0 Å². The standard InChI is InChI=1S/C17H19NO5/c1-4-15(19)18-13-7-9-14(10-8-13)23-16(20)6-5-11-22-17(21)12(2)3/h4,7-10H,1-2,5-6,11H2,3H3,(H,18,19). The fourth-order valence-corrected chi connectivity index (χ4v) is 1.49. The number of anilines is 1. The average molecular weight is 317 g/mol. The van der Waals surface area contributed by atoms with E-state index in [1.54, 1.807) is 31.2 Å². The molecule has 0 aliphatic carbocycles. The van der Waals surface area contributed by atoms with Gasteiger partial charge in [-0.05, 0) is 43.7 Å². The smallest absolute Gasteiger partial charge is 0.333 e. The first kappa shape index (κ1) is 18.2. The molecule has 0 aliphatic rings. The van der Waals surface area contributed by atoms with Crippen LogP contribution in [0.3, 0.4) is 0 Å². The maximum atomic E-state index is 11.6. The SMILES string of the molecule is C=CC(=O)Nc1ccc(OC(=O)CCCOC(=O)C(=C)C)cc1. The van der Waals surface area contributed by atoms with Crippen molar-refractivity contribution in [1.82, 2.24) is 0 Å². The van der Waals surface area contributed by atoms with Crippen molar-refractivity contribution in [1.29, 1.82) is 0 Å². The number of nitrogens with one attached hydrogen (secondary N) is 1. The summed E-state index contributed by atoms with van der Waals surface area (Å²) in [5.41, 5.74) is 0.887. The third kappa shape index (κ3) is 7.08. The number of carbonyl (C=O) groups excluding carboxylic acids is 3. The lowest BCUT2D eigenvalue weighted by Gasteiger charge is -2.07. The van der Waals surface area contributed by atoms with Crippen LogP contribution in [0.5, 0.6) is 5.75 Å². The highest BCUT2D eigenvalue weighted by molar-refractivity contribution is 5.98. The van der Waals surface area contributed by atoms with Gasteiger partial charge >= 0.3 is 11.9 Å². The van der Waals surface area contributed by atoms with Gasteiger partial charge in [0.05, 0.1) is 6.61 Å². The zero-order valence-electron chi connectivity index (χ0n) is 13.0. The number of hydrogen-bond acceptors (Lipinski definition) is 5. The monoisotopic (exact) mass is 317 g/mol. The van der Waals surface area contributed by atoms with E-state index in [2.05, 4.69) is 18.5 Å². The summed E-state index contributed by atoms with van der Waals surface area (Å²) in [5, 5.41) is 2.58. The highest BCUT2D eigenvalue weighted by Gasteiger charge is 2.07. The summed E-state index contributed by atoms with van der Waals surface area (Å²) in [4.78, 5) is 33.9. The van der Waals surface area contributed by atoms with Gasteiger partial charge in [-0.3, -0.25) is 9.59 Å². The Kier molecular flexibility index (Phi) is 7.26. The van der Waals surface area contributed by atoms with Crippen LogP contribution in [0.4, 0.5) is 5.69 Å². The maximum absolute atomic E-state index is 11.6. The lowest BCUT2D eigenvalue weighted by atomic mass is 10.3. The molecule has 6 heteroatoms. The van der Waals surface area contributed by atoms with E-state index in [4.69, 9.17) is 9.47 Å². The molecule has 122 valence electrons. The van der Waals surface area contributed by atoms with Crippen LogP contribution in [0.1, 0.15) is 19.8 Å². The largest absolute Gasteiger partial charge is 0.462 e. The average Bonchev–Trinajstić information content (AvgIpc) is 2.52. The molecule has 1 N–H and O–H groups in total. The second-order valence-electron chi connectivity index (χ2n) is 4.71. The van der Waals surface area contributed by atoms with E-state index in [1.807, 2.05) is 0 Å². The summed E-state index contributed by atoms with van der Waals surface area (Å²) < 4.78 is 10.00. The van der Waals surface area contributed by atoms with Crippen LogP contribution in [0, 0.1) is 0 Å². The molecule has 0 radical (unpaired) electrons. The fraction of sp³-hybridized carbons (Fsp3) is 0.235. The van der Waals surface area contributed by atoms with Gasteiger partial charge in [0.15, 0.2) is 0 Å². The minimum Gasteiger partial charge on any atom is -0.462 e. The molecule has 1 aromatic carbocycles. The Hall–Kier alpha value is -2.89. The third-order valence-corrected chi connectivity index (χ3v) is 2.65. The lowest BCUT2D eigenvalue weighted by Crippen LogP contribution is -2.11. The molecular weight excluding hydrogens is 298 g/mol. The first-order chi connectivity index (χ1) is 10.9. The number of carbonyl (C=O) groups is 3. The minimum atomic E-state index is -0.476. The van der Waals surface area contributed by atoms with Gasteiger partial charge in [0.2, 0.25) is 5.91 Å². The molecule has 1 aromatic rings. The number of ether oxygens (including phenoxy) is 2. The number of amides is 1. The Morgan fingerprint density at radius 2 is 1.87 bits per heavy atom. The second-order valence-corrected chi connectivity index (χ2v) is 4.71. The summed E-state index contributed by atoms with van der Waals surface area (Å²) in [7, 11) is 0. The van der Waals surface area contributed by atoms with Crippen LogP contribution in [0.2, 0.25) is 0 Å². The molecule has 0 saturated carbocycles. The van der Waals surface area contributed by atoms with Crippen molar-refractivity contribution in [3.8, 4) is 5.75 Å². The quantitative estimate of drug-likeness (QED) is 0.345. The van der Waals surface area contributed by atoms with E-state index in [1.165, 1.54) is 0 Å².